The summed E-state index contributed by atoms with van der Waals surface area (Å²) < 4.78 is 46.1. The Kier molecular flexibility index (Phi) is 6.16. The quantitative estimate of drug-likeness (QED) is 0.539. The van der Waals surface area contributed by atoms with Gasteiger partial charge in [-0.25, -0.2) is 4.99 Å². The van der Waals surface area contributed by atoms with Crippen LogP contribution in [0, 0.1) is 0 Å². The van der Waals surface area contributed by atoms with Crippen molar-refractivity contribution in [1.82, 2.24) is 0 Å². The third-order valence-electron chi connectivity index (χ3n) is 3.82. The second-order valence-corrected chi connectivity index (χ2v) is 6.30. The average Bonchev–Trinajstić information content (AvgIpc) is 2.52. The molecule has 136 valence electrons. The molecule has 1 atom stereocenters. The van der Waals surface area contributed by atoms with Crippen molar-refractivity contribution in [3.63, 3.8) is 0 Å². The van der Waals surface area contributed by atoms with Gasteiger partial charge in [-0.3, -0.25) is 0 Å². The highest BCUT2D eigenvalue weighted by molar-refractivity contribution is 6.30. The van der Waals surface area contributed by atoms with E-state index >= 15 is 0 Å². The molecule has 1 aromatic rings. The Hall–Kier alpha value is -1.95. The van der Waals surface area contributed by atoms with E-state index in [1.54, 1.807) is 6.07 Å². The first kappa shape index (κ1) is 19.4. The summed E-state index contributed by atoms with van der Waals surface area (Å²) in [6.07, 6.45) is -1.30. The van der Waals surface area contributed by atoms with Crippen LogP contribution in [0.4, 0.5) is 13.2 Å². The maximum absolute atomic E-state index is 13.7. The summed E-state index contributed by atoms with van der Waals surface area (Å²) in [5, 5.41) is 0.381. The zero-order chi connectivity index (χ0) is 18.6. The number of ether oxygens (including phenoxy) is 1. The lowest BCUT2D eigenvalue weighted by Gasteiger charge is -2.26. The predicted molar refractivity (Wildman–Crippen MR) is 94.2 cm³/mol. The van der Waals surface area contributed by atoms with Crippen LogP contribution in [-0.2, 0) is 4.74 Å². The molecule has 0 radical (unpaired) electrons. The molecule has 0 aromatic heterocycles. The summed E-state index contributed by atoms with van der Waals surface area (Å²) in [7, 11) is 0. The van der Waals surface area contributed by atoms with Crippen LogP contribution in [0.2, 0.25) is 5.02 Å². The van der Waals surface area contributed by atoms with Crippen molar-refractivity contribution in [2.75, 3.05) is 0 Å². The molecule has 1 aliphatic rings. The number of halogens is 4. The molecule has 1 aliphatic carbocycles. The van der Waals surface area contributed by atoms with Gasteiger partial charge in [0.25, 0.3) is 0 Å². The van der Waals surface area contributed by atoms with Crippen LogP contribution < -0.4 is 5.73 Å². The third kappa shape index (κ3) is 5.26. The van der Waals surface area contributed by atoms with Gasteiger partial charge in [-0.1, -0.05) is 30.3 Å². The van der Waals surface area contributed by atoms with E-state index in [9.17, 15) is 13.2 Å². The Labute approximate surface area is 150 Å². The molecule has 0 amide bonds. The number of rotatable bonds is 4. The van der Waals surface area contributed by atoms with Gasteiger partial charge in [-0.05, 0) is 49.0 Å². The number of alkyl halides is 3. The van der Waals surface area contributed by atoms with Gasteiger partial charge in [0.15, 0.2) is 5.90 Å². The highest BCUT2D eigenvalue weighted by Crippen LogP contribution is 2.41. The van der Waals surface area contributed by atoms with Gasteiger partial charge < -0.3 is 10.5 Å². The summed E-state index contributed by atoms with van der Waals surface area (Å²) in [6.45, 7) is 4.65. The maximum Gasteiger partial charge on any atom is 0.429 e. The van der Waals surface area contributed by atoms with E-state index in [4.69, 9.17) is 22.1 Å². The molecule has 7 heteroatoms. The smallest absolute Gasteiger partial charge is 0.429 e. The Morgan fingerprint density at radius 1 is 1.36 bits per heavy atom. The molecule has 3 nitrogen and oxygen atoms in total. The number of nitrogens with zero attached hydrogens (tertiary/aromatic N) is 1. The van der Waals surface area contributed by atoms with E-state index in [1.807, 2.05) is 6.08 Å². The second-order valence-electron chi connectivity index (χ2n) is 5.87. The standard InChI is InChI=1S/C18H20ClF3N2O/c1-11(23)24-12(2)25-17(18(20,21)22)15-9-8-14(19)10-16(15)13-6-4-3-5-7-13/h6,8-10,17H,1,3-5,7,23H2,2H3/b24-12+/t17-/m1/s1. The van der Waals surface area contributed by atoms with Crippen LogP contribution in [0.25, 0.3) is 5.57 Å². The number of aliphatic imine (C=N–C) groups is 1. The van der Waals surface area contributed by atoms with Crippen molar-refractivity contribution in [1.29, 1.82) is 0 Å². The highest BCUT2D eigenvalue weighted by Gasteiger charge is 2.44. The minimum atomic E-state index is -4.62. The van der Waals surface area contributed by atoms with E-state index in [1.165, 1.54) is 19.1 Å². The molecule has 0 heterocycles. The Morgan fingerprint density at radius 3 is 2.64 bits per heavy atom. The lowest BCUT2D eigenvalue weighted by Crippen LogP contribution is -2.26. The fourth-order valence-corrected chi connectivity index (χ4v) is 3.00. The minimum Gasteiger partial charge on any atom is -0.463 e. The van der Waals surface area contributed by atoms with Crippen molar-refractivity contribution >= 4 is 23.1 Å². The molecule has 1 aromatic carbocycles. The van der Waals surface area contributed by atoms with E-state index in [0.29, 0.717) is 17.0 Å². The van der Waals surface area contributed by atoms with Gasteiger partial charge in [0.05, 0.1) is 0 Å². The van der Waals surface area contributed by atoms with Crippen LogP contribution >= 0.6 is 11.6 Å². The second kappa shape index (κ2) is 7.95. The molecule has 2 rings (SSSR count). The normalized spacial score (nSPS) is 17.0. The molecule has 0 saturated carbocycles. The van der Waals surface area contributed by atoms with Crippen molar-refractivity contribution in [3.8, 4) is 0 Å². The number of hydrogen-bond donors (Lipinski definition) is 1. The zero-order valence-corrected chi connectivity index (χ0v) is 14.6. The van der Waals surface area contributed by atoms with Gasteiger partial charge in [0.2, 0.25) is 6.10 Å². The van der Waals surface area contributed by atoms with E-state index in [2.05, 4.69) is 11.6 Å². The fraction of sp³-hybridized carbons (Fsp3) is 0.389. The van der Waals surface area contributed by atoms with Crippen LogP contribution in [0.15, 0.2) is 41.7 Å². The maximum atomic E-state index is 13.7. The number of hydrogen-bond acceptors (Lipinski definition) is 3. The van der Waals surface area contributed by atoms with Crippen LogP contribution in [0.3, 0.4) is 0 Å². The van der Waals surface area contributed by atoms with Gasteiger partial charge in [0, 0.05) is 17.5 Å². The SMILES string of the molecule is C=C(N)/N=C(\C)O[C@H](c1ccc(Cl)cc1C1=CCCCC1)C(F)(F)F. The van der Waals surface area contributed by atoms with Crippen molar-refractivity contribution in [2.24, 2.45) is 10.7 Å². The Bertz CT molecular complexity index is 711. The Balaban J connectivity index is 2.50. The average molecular weight is 373 g/mol. The number of benzene rings is 1. The lowest BCUT2D eigenvalue weighted by atomic mass is 9.89. The molecule has 0 bridgehead atoms. The molecule has 0 saturated heterocycles. The summed E-state index contributed by atoms with van der Waals surface area (Å²) in [6, 6.07) is 4.35. The fourth-order valence-electron chi connectivity index (χ4n) is 2.82. The van der Waals surface area contributed by atoms with E-state index in [0.717, 1.165) is 24.8 Å². The topological polar surface area (TPSA) is 47.6 Å². The first-order valence-electron chi connectivity index (χ1n) is 7.90. The number of allylic oxidation sites excluding steroid dienone is 2. The van der Waals surface area contributed by atoms with E-state index < -0.39 is 12.3 Å². The molecule has 2 N–H and O–H groups in total. The molecule has 0 aliphatic heterocycles. The summed E-state index contributed by atoms with van der Waals surface area (Å²) in [5.41, 5.74) is 6.66. The van der Waals surface area contributed by atoms with E-state index in [-0.39, 0.29) is 17.3 Å². The van der Waals surface area contributed by atoms with Crippen LogP contribution in [-0.4, -0.2) is 12.1 Å². The summed E-state index contributed by atoms with van der Waals surface area (Å²) >= 11 is 6.03. The van der Waals surface area contributed by atoms with Gasteiger partial charge in [-0.2, -0.15) is 13.2 Å². The highest BCUT2D eigenvalue weighted by atomic mass is 35.5. The molecular formula is C18H20ClF3N2O. The molecule has 25 heavy (non-hydrogen) atoms. The number of nitrogens with two attached hydrogens (primary N) is 1. The van der Waals surface area contributed by atoms with Crippen molar-refractivity contribution in [2.45, 2.75) is 44.9 Å². The molecule has 0 fully saturated rings. The van der Waals surface area contributed by atoms with Gasteiger partial charge in [0.1, 0.15) is 5.82 Å². The Morgan fingerprint density at radius 2 is 2.08 bits per heavy atom. The first-order valence-corrected chi connectivity index (χ1v) is 8.28. The molecule has 0 spiro atoms. The predicted octanol–water partition coefficient (Wildman–Crippen LogP) is 5.77. The third-order valence-corrected chi connectivity index (χ3v) is 4.06. The minimum absolute atomic E-state index is 0.0160. The van der Waals surface area contributed by atoms with Crippen molar-refractivity contribution in [3.05, 3.63) is 52.8 Å². The zero-order valence-electron chi connectivity index (χ0n) is 13.9. The first-order chi connectivity index (χ1) is 11.7. The van der Waals surface area contributed by atoms with Crippen LogP contribution in [0.1, 0.15) is 49.8 Å². The van der Waals surface area contributed by atoms with Crippen LogP contribution in [0.5, 0.6) is 0 Å². The van der Waals surface area contributed by atoms with Gasteiger partial charge >= 0.3 is 6.18 Å². The van der Waals surface area contributed by atoms with Gasteiger partial charge in [-0.15, -0.1) is 0 Å². The largest absolute Gasteiger partial charge is 0.463 e. The summed E-state index contributed by atoms with van der Waals surface area (Å²) in [4.78, 5) is 3.65. The monoisotopic (exact) mass is 372 g/mol. The summed E-state index contributed by atoms with van der Waals surface area (Å²) in [5.74, 6) is -0.321. The lowest BCUT2D eigenvalue weighted by molar-refractivity contribution is -0.201. The molecular weight excluding hydrogens is 353 g/mol. The van der Waals surface area contributed by atoms with Crippen molar-refractivity contribution < 1.29 is 17.9 Å². The molecule has 0 unspecified atom stereocenters.